The molecule has 1 unspecified atom stereocenters. The highest BCUT2D eigenvalue weighted by molar-refractivity contribution is 6.05. The summed E-state index contributed by atoms with van der Waals surface area (Å²) in [5.41, 5.74) is 5.53. The highest BCUT2D eigenvalue weighted by Gasteiger charge is 2.71. The molecular weight excluding hydrogens is 358 g/mol. The fourth-order valence-corrected chi connectivity index (χ4v) is 6.13. The molecule has 2 saturated carbocycles. The van der Waals surface area contributed by atoms with Crippen molar-refractivity contribution in [2.24, 2.45) is 16.7 Å². The minimum atomic E-state index is -0.147. The van der Waals surface area contributed by atoms with E-state index in [4.69, 9.17) is 0 Å². The van der Waals surface area contributed by atoms with Crippen LogP contribution in [-0.4, -0.2) is 11.7 Å². The summed E-state index contributed by atoms with van der Waals surface area (Å²) in [5, 5.41) is 3.08. The van der Waals surface area contributed by atoms with Crippen LogP contribution >= 0.6 is 0 Å². The van der Waals surface area contributed by atoms with Crippen LogP contribution in [0, 0.1) is 30.6 Å². The standard InChI is InChI=1S/C26H29NO2/c1-17-6-8-20(9-7-17)27-24(29)19-10-13-25(14-11-19)16-26(25)15-12-21-18(2)4-3-5-22(21)23(26)28/h3-9,19H,10-16H2,1-2H3,(H,27,29). The number of carbonyl (C=O) groups is 2. The van der Waals surface area contributed by atoms with E-state index in [1.165, 1.54) is 16.7 Å². The van der Waals surface area contributed by atoms with Crippen LogP contribution in [0.3, 0.4) is 0 Å². The molecule has 0 aliphatic heterocycles. The molecule has 2 fully saturated rings. The summed E-state index contributed by atoms with van der Waals surface area (Å²) in [6, 6.07) is 14.1. The van der Waals surface area contributed by atoms with Crippen LogP contribution in [0.4, 0.5) is 5.69 Å². The Kier molecular flexibility index (Phi) is 4.20. The van der Waals surface area contributed by atoms with Crippen LogP contribution in [0.2, 0.25) is 0 Å². The quantitative estimate of drug-likeness (QED) is 0.725. The lowest BCUT2D eigenvalue weighted by atomic mass is 9.68. The minimum absolute atomic E-state index is 0.0628. The van der Waals surface area contributed by atoms with Crippen molar-refractivity contribution in [3.05, 3.63) is 64.7 Å². The largest absolute Gasteiger partial charge is 0.326 e. The van der Waals surface area contributed by atoms with Gasteiger partial charge >= 0.3 is 0 Å². The number of rotatable bonds is 2. The summed E-state index contributed by atoms with van der Waals surface area (Å²) in [6.45, 7) is 4.16. The number of benzene rings is 2. The van der Waals surface area contributed by atoms with Gasteiger partial charge in [-0.3, -0.25) is 9.59 Å². The minimum Gasteiger partial charge on any atom is -0.326 e. The third kappa shape index (κ3) is 2.86. The molecule has 2 aromatic carbocycles. The molecule has 0 radical (unpaired) electrons. The van der Waals surface area contributed by atoms with Gasteiger partial charge in [0.2, 0.25) is 5.91 Å². The second kappa shape index (κ2) is 6.55. The van der Waals surface area contributed by atoms with Crippen molar-refractivity contribution < 1.29 is 9.59 Å². The zero-order valence-electron chi connectivity index (χ0n) is 17.4. The molecule has 0 bridgehead atoms. The summed E-state index contributed by atoms with van der Waals surface area (Å²) in [5.74, 6) is 0.576. The first kappa shape index (κ1) is 18.6. The molecule has 3 aliphatic rings. The smallest absolute Gasteiger partial charge is 0.227 e. The van der Waals surface area contributed by atoms with Gasteiger partial charge in [-0.25, -0.2) is 0 Å². The van der Waals surface area contributed by atoms with Crippen molar-refractivity contribution in [2.75, 3.05) is 5.32 Å². The summed E-state index contributed by atoms with van der Waals surface area (Å²) < 4.78 is 0. The molecule has 5 rings (SSSR count). The van der Waals surface area contributed by atoms with Crippen LogP contribution in [0.1, 0.15) is 65.6 Å². The van der Waals surface area contributed by atoms with Gasteiger partial charge in [-0.15, -0.1) is 0 Å². The zero-order valence-corrected chi connectivity index (χ0v) is 17.4. The number of carbonyl (C=O) groups excluding carboxylic acids is 2. The molecule has 3 heteroatoms. The van der Waals surface area contributed by atoms with Crippen LogP contribution in [0.5, 0.6) is 0 Å². The van der Waals surface area contributed by atoms with Crippen molar-refractivity contribution in [3.63, 3.8) is 0 Å². The number of anilines is 1. The predicted octanol–water partition coefficient (Wildman–Crippen LogP) is 5.64. The molecule has 2 spiro atoms. The summed E-state index contributed by atoms with van der Waals surface area (Å²) in [6.07, 6.45) is 6.84. The molecule has 0 heterocycles. The van der Waals surface area contributed by atoms with E-state index in [1.54, 1.807) is 0 Å². The van der Waals surface area contributed by atoms with Crippen molar-refractivity contribution in [3.8, 4) is 0 Å². The third-order valence-corrected chi connectivity index (χ3v) is 8.05. The second-order valence-electron chi connectivity index (χ2n) is 9.60. The van der Waals surface area contributed by atoms with Crippen LogP contribution in [-0.2, 0) is 11.2 Å². The second-order valence-corrected chi connectivity index (χ2v) is 9.60. The molecule has 1 N–H and O–H groups in total. The van der Waals surface area contributed by atoms with E-state index in [2.05, 4.69) is 18.3 Å². The van der Waals surface area contributed by atoms with E-state index in [-0.39, 0.29) is 22.7 Å². The Labute approximate surface area is 172 Å². The molecule has 2 aromatic rings. The monoisotopic (exact) mass is 387 g/mol. The van der Waals surface area contributed by atoms with Gasteiger partial charge in [0.1, 0.15) is 0 Å². The predicted molar refractivity (Wildman–Crippen MR) is 115 cm³/mol. The van der Waals surface area contributed by atoms with Gasteiger partial charge in [-0.2, -0.15) is 0 Å². The first-order valence-corrected chi connectivity index (χ1v) is 11.0. The van der Waals surface area contributed by atoms with E-state index in [0.29, 0.717) is 5.78 Å². The number of amides is 1. The highest BCUT2D eigenvalue weighted by atomic mass is 16.2. The van der Waals surface area contributed by atoms with Gasteiger partial charge < -0.3 is 5.32 Å². The zero-order chi connectivity index (χ0) is 20.2. The maximum absolute atomic E-state index is 13.4. The third-order valence-electron chi connectivity index (χ3n) is 8.05. The lowest BCUT2D eigenvalue weighted by molar-refractivity contribution is -0.121. The van der Waals surface area contributed by atoms with Gasteiger partial charge in [0, 0.05) is 22.6 Å². The maximum Gasteiger partial charge on any atom is 0.227 e. The van der Waals surface area contributed by atoms with Crippen LogP contribution < -0.4 is 5.32 Å². The van der Waals surface area contributed by atoms with Gasteiger partial charge in [0.25, 0.3) is 0 Å². The van der Waals surface area contributed by atoms with Gasteiger partial charge in [0.15, 0.2) is 5.78 Å². The van der Waals surface area contributed by atoms with E-state index < -0.39 is 0 Å². The molecule has 1 amide bonds. The number of hydrogen-bond acceptors (Lipinski definition) is 2. The lowest BCUT2D eigenvalue weighted by Crippen LogP contribution is -2.34. The molecule has 150 valence electrons. The number of Topliss-reactive ketones (excluding diaryl/α,β-unsaturated/α-hetero) is 1. The van der Waals surface area contributed by atoms with Crippen molar-refractivity contribution in [1.82, 2.24) is 0 Å². The molecule has 1 atom stereocenters. The Bertz CT molecular complexity index is 982. The average Bonchev–Trinajstić information content (AvgIpc) is 3.34. The summed E-state index contributed by atoms with van der Waals surface area (Å²) >= 11 is 0. The van der Waals surface area contributed by atoms with Gasteiger partial charge in [-0.1, -0.05) is 35.9 Å². The Hall–Kier alpha value is -2.42. The molecule has 3 aliphatic carbocycles. The van der Waals surface area contributed by atoms with E-state index in [1.807, 2.05) is 43.3 Å². The Morgan fingerprint density at radius 2 is 1.72 bits per heavy atom. The Morgan fingerprint density at radius 3 is 2.45 bits per heavy atom. The van der Waals surface area contributed by atoms with E-state index in [0.717, 1.165) is 56.2 Å². The summed E-state index contributed by atoms with van der Waals surface area (Å²) in [4.78, 5) is 26.2. The first-order valence-electron chi connectivity index (χ1n) is 11.0. The molecule has 0 aromatic heterocycles. The van der Waals surface area contributed by atoms with Crippen molar-refractivity contribution >= 4 is 17.4 Å². The number of nitrogens with one attached hydrogen (secondary N) is 1. The van der Waals surface area contributed by atoms with Crippen molar-refractivity contribution in [2.45, 2.75) is 58.8 Å². The fourth-order valence-electron chi connectivity index (χ4n) is 6.13. The SMILES string of the molecule is Cc1ccc(NC(=O)C2CCC3(CC2)CC32CCc3c(C)cccc3C2=O)cc1. The number of ketones is 1. The average molecular weight is 388 g/mol. The fraction of sp³-hybridized carbons (Fsp3) is 0.462. The Morgan fingerprint density at radius 1 is 1.00 bits per heavy atom. The van der Waals surface area contributed by atoms with Crippen LogP contribution in [0.25, 0.3) is 0 Å². The number of hydrogen-bond donors (Lipinski definition) is 1. The first-order chi connectivity index (χ1) is 13.9. The van der Waals surface area contributed by atoms with Crippen LogP contribution in [0.15, 0.2) is 42.5 Å². The molecule has 0 saturated heterocycles. The molecular formula is C26H29NO2. The van der Waals surface area contributed by atoms with E-state index >= 15 is 0 Å². The van der Waals surface area contributed by atoms with Gasteiger partial charge in [-0.05, 0) is 87.5 Å². The highest BCUT2D eigenvalue weighted by Crippen LogP contribution is 2.74. The van der Waals surface area contributed by atoms with Crippen molar-refractivity contribution in [1.29, 1.82) is 0 Å². The lowest BCUT2D eigenvalue weighted by Gasteiger charge is -2.34. The number of fused-ring (bicyclic) bond motifs is 2. The Balaban J connectivity index is 1.26. The maximum atomic E-state index is 13.4. The molecule has 29 heavy (non-hydrogen) atoms. The summed E-state index contributed by atoms with van der Waals surface area (Å²) in [7, 11) is 0. The molecule has 3 nitrogen and oxygen atoms in total. The van der Waals surface area contributed by atoms with E-state index in [9.17, 15) is 9.59 Å². The topological polar surface area (TPSA) is 46.2 Å². The normalized spacial score (nSPS) is 30.3. The van der Waals surface area contributed by atoms with Gasteiger partial charge in [0.05, 0.1) is 0 Å². The number of aryl methyl sites for hydroxylation is 2.